The van der Waals surface area contributed by atoms with Crippen molar-refractivity contribution < 1.29 is 32.6 Å². The highest BCUT2D eigenvalue weighted by Gasteiger charge is 2.38. The number of benzene rings is 2. The highest BCUT2D eigenvalue weighted by atomic mass is 32.2. The topological polar surface area (TPSA) is 103 Å². The number of aromatic nitrogens is 2. The van der Waals surface area contributed by atoms with Crippen molar-refractivity contribution >= 4 is 37.8 Å². The predicted molar refractivity (Wildman–Crippen MR) is 212 cm³/mol. The Balaban J connectivity index is 1.90. The van der Waals surface area contributed by atoms with Gasteiger partial charge in [0.2, 0.25) is 5.91 Å². The Morgan fingerprint density at radius 2 is 1.70 bits per heavy atom. The molecule has 1 aromatic heterocycles. The Morgan fingerprint density at radius 3 is 2.34 bits per heavy atom. The fourth-order valence-corrected chi connectivity index (χ4v) is 7.13. The van der Waals surface area contributed by atoms with Crippen LogP contribution in [0.3, 0.4) is 0 Å². The third kappa shape index (κ3) is 15.3. The zero-order chi connectivity index (χ0) is 39.4. The van der Waals surface area contributed by atoms with Crippen molar-refractivity contribution in [2.24, 2.45) is 5.41 Å². The summed E-state index contributed by atoms with van der Waals surface area (Å²) in [6.45, 7) is 19.6. The number of carbonyl (C=O) groups excluding carboxylic acids is 3. The third-order valence-corrected chi connectivity index (χ3v) is 10.8. The lowest BCUT2D eigenvalue weighted by atomic mass is 9.84. The molecule has 0 radical (unpaired) electrons. The van der Waals surface area contributed by atoms with Crippen LogP contribution in [0.1, 0.15) is 78.2 Å². The van der Waals surface area contributed by atoms with Crippen LogP contribution >= 0.6 is 11.8 Å². The normalized spacial score (nSPS) is 12.7. The number of thioether (sulfide) groups is 1. The number of halogens is 2. The average molecular weight is 773 g/mol. The fraction of sp³-hybridized carbons (Fsp3) is 0.550. The summed E-state index contributed by atoms with van der Waals surface area (Å²) in [5.41, 5.74) is 0.119. The predicted octanol–water partition coefficient (Wildman–Crippen LogP) is 9.10. The maximum absolute atomic E-state index is 15.1. The first-order chi connectivity index (χ1) is 24.7. The van der Waals surface area contributed by atoms with E-state index in [0.29, 0.717) is 50.7 Å². The minimum atomic E-state index is -1.32. The second-order valence-corrected chi connectivity index (χ2v) is 23.3. The first-order valence-corrected chi connectivity index (χ1v) is 23.2. The SMILES string of the molecule is CC(C)(C)OC(=O)CCCCN(C(=O)CSCCNC(=O)OCC[Si](C)(C)C)[C@@H](c1nc(-c2cc(F)ccc2F)cn1Cc1ccccc1)C(C)(C)C. The van der Waals surface area contributed by atoms with Crippen LogP contribution in [0, 0.1) is 17.0 Å². The van der Waals surface area contributed by atoms with Crippen molar-refractivity contribution in [3.05, 3.63) is 77.8 Å². The van der Waals surface area contributed by atoms with Crippen molar-refractivity contribution in [2.75, 3.05) is 31.2 Å². The summed E-state index contributed by atoms with van der Waals surface area (Å²) in [6.07, 6.45) is 2.49. The Morgan fingerprint density at radius 1 is 1.00 bits per heavy atom. The maximum atomic E-state index is 15.1. The van der Waals surface area contributed by atoms with Crippen LogP contribution in [-0.4, -0.2) is 77.3 Å². The Kier molecular flexibility index (Phi) is 16.1. The van der Waals surface area contributed by atoms with Crippen molar-refractivity contribution in [1.82, 2.24) is 19.8 Å². The molecule has 13 heteroatoms. The molecule has 0 bridgehead atoms. The number of ether oxygens (including phenoxy) is 2. The monoisotopic (exact) mass is 772 g/mol. The number of hydrogen-bond acceptors (Lipinski definition) is 7. The van der Waals surface area contributed by atoms with E-state index in [4.69, 9.17) is 14.5 Å². The molecule has 0 saturated carbocycles. The number of esters is 1. The molecule has 0 aliphatic carbocycles. The second kappa shape index (κ2) is 19.6. The van der Waals surface area contributed by atoms with Gasteiger partial charge in [0.1, 0.15) is 23.1 Å². The quantitative estimate of drug-likeness (QED) is 0.0782. The Labute approximate surface area is 319 Å². The fourth-order valence-electron chi connectivity index (χ4n) is 5.68. The number of carbonyl (C=O) groups is 3. The smallest absolute Gasteiger partial charge is 0.407 e. The molecule has 1 atom stereocenters. The summed E-state index contributed by atoms with van der Waals surface area (Å²) in [7, 11) is -1.32. The van der Waals surface area contributed by atoms with Crippen molar-refractivity contribution in [3.8, 4) is 11.3 Å². The van der Waals surface area contributed by atoms with Gasteiger partial charge in [-0.05, 0) is 68.8 Å². The van der Waals surface area contributed by atoms with Gasteiger partial charge in [0.25, 0.3) is 0 Å². The van der Waals surface area contributed by atoms with Crippen LogP contribution in [0.25, 0.3) is 11.3 Å². The van der Waals surface area contributed by atoms with E-state index in [9.17, 15) is 18.8 Å². The van der Waals surface area contributed by atoms with E-state index in [0.717, 1.165) is 29.8 Å². The minimum absolute atomic E-state index is 0.0306. The molecule has 0 aliphatic heterocycles. The van der Waals surface area contributed by atoms with E-state index in [-0.39, 0.29) is 35.3 Å². The number of nitrogens with zero attached hydrogens (tertiary/aromatic N) is 3. The van der Waals surface area contributed by atoms with Gasteiger partial charge in [-0.1, -0.05) is 70.7 Å². The first kappa shape index (κ1) is 43.7. The van der Waals surface area contributed by atoms with Crippen LogP contribution in [0.5, 0.6) is 0 Å². The van der Waals surface area contributed by atoms with Crippen molar-refractivity contribution in [1.29, 1.82) is 0 Å². The van der Waals surface area contributed by atoms with Gasteiger partial charge in [0.05, 0.1) is 24.1 Å². The number of rotatable bonds is 18. The summed E-state index contributed by atoms with van der Waals surface area (Å²) >= 11 is 1.40. The summed E-state index contributed by atoms with van der Waals surface area (Å²) < 4.78 is 42.2. The molecule has 0 saturated heterocycles. The third-order valence-electron chi connectivity index (χ3n) is 8.18. The Hall–Kier alpha value is -3.71. The zero-order valence-corrected chi connectivity index (χ0v) is 34.7. The van der Waals surface area contributed by atoms with Gasteiger partial charge in [0.15, 0.2) is 0 Å². The lowest BCUT2D eigenvalue weighted by molar-refractivity contribution is -0.154. The van der Waals surface area contributed by atoms with Crippen LogP contribution in [-0.2, 0) is 25.6 Å². The molecule has 0 spiro atoms. The zero-order valence-electron chi connectivity index (χ0n) is 32.9. The van der Waals surface area contributed by atoms with Crippen LogP contribution in [0.2, 0.25) is 25.7 Å². The highest BCUT2D eigenvalue weighted by Crippen LogP contribution is 2.40. The molecule has 0 fully saturated rings. The van der Waals surface area contributed by atoms with E-state index in [1.807, 2.05) is 76.4 Å². The molecule has 0 unspecified atom stereocenters. The first-order valence-electron chi connectivity index (χ1n) is 18.3. The van der Waals surface area contributed by atoms with E-state index >= 15 is 4.39 Å². The average Bonchev–Trinajstić information content (AvgIpc) is 3.44. The van der Waals surface area contributed by atoms with Gasteiger partial charge in [-0.25, -0.2) is 18.6 Å². The molecular formula is C40H58F2N4O5SSi. The number of imidazole rings is 1. The van der Waals surface area contributed by atoms with Crippen molar-refractivity contribution in [2.45, 2.75) is 105 Å². The van der Waals surface area contributed by atoms with E-state index < -0.39 is 42.9 Å². The molecule has 0 aliphatic rings. The highest BCUT2D eigenvalue weighted by molar-refractivity contribution is 7.99. The summed E-state index contributed by atoms with van der Waals surface area (Å²) in [5.74, 6) is -0.463. The van der Waals surface area contributed by atoms with Gasteiger partial charge < -0.3 is 24.3 Å². The molecule has 9 nitrogen and oxygen atoms in total. The number of hydrogen-bond donors (Lipinski definition) is 1. The molecule has 292 valence electrons. The number of amides is 2. The lowest BCUT2D eigenvalue weighted by Gasteiger charge is -2.40. The van der Waals surface area contributed by atoms with Gasteiger partial charge >= 0.3 is 12.1 Å². The van der Waals surface area contributed by atoms with Crippen LogP contribution in [0.4, 0.5) is 13.6 Å². The molecule has 1 heterocycles. The number of nitrogens with one attached hydrogen (secondary N) is 1. The molecule has 1 N–H and O–H groups in total. The van der Waals surface area contributed by atoms with Crippen molar-refractivity contribution in [3.63, 3.8) is 0 Å². The van der Waals surface area contributed by atoms with Crippen LogP contribution < -0.4 is 5.32 Å². The lowest BCUT2D eigenvalue weighted by Crippen LogP contribution is -2.44. The van der Waals surface area contributed by atoms with Crippen LogP contribution in [0.15, 0.2) is 54.7 Å². The Bertz CT molecular complexity index is 1650. The second-order valence-electron chi connectivity index (χ2n) is 16.5. The standard InChI is InChI=1S/C40H58F2N4O5SSi/c1-39(2,3)36(37-44-33(31-25-30(41)18-19-32(31)42)27-45(37)26-29-15-11-10-12-16-29)46(21-14-13-17-35(48)51-40(4,5)6)34(47)28-52-23-20-43-38(49)50-22-24-53(7,8)9/h10-12,15-16,18-19,25,27,36H,13-14,17,20-24,26,28H2,1-9H3,(H,43,49)/t36-/m0/s1. The van der Waals surface area contributed by atoms with E-state index in [1.54, 1.807) is 11.1 Å². The number of unbranched alkanes of at least 4 members (excludes halogenated alkanes) is 1. The molecular weight excluding hydrogens is 715 g/mol. The molecule has 3 rings (SSSR count). The van der Waals surface area contributed by atoms with Gasteiger partial charge in [0, 0.05) is 51.6 Å². The molecule has 53 heavy (non-hydrogen) atoms. The number of alkyl carbamates (subject to hydrolysis) is 1. The van der Waals surface area contributed by atoms with E-state index in [2.05, 4.69) is 25.0 Å². The van der Waals surface area contributed by atoms with Gasteiger partial charge in [-0.2, -0.15) is 11.8 Å². The largest absolute Gasteiger partial charge is 0.460 e. The van der Waals surface area contributed by atoms with E-state index in [1.165, 1.54) is 11.8 Å². The molecule has 3 aromatic rings. The summed E-state index contributed by atoms with van der Waals surface area (Å²) in [5, 5.41) is 2.76. The summed E-state index contributed by atoms with van der Waals surface area (Å²) in [6, 6.07) is 13.3. The molecule has 2 aromatic carbocycles. The molecule has 2 amide bonds. The minimum Gasteiger partial charge on any atom is -0.460 e. The summed E-state index contributed by atoms with van der Waals surface area (Å²) in [4.78, 5) is 45.7. The van der Waals surface area contributed by atoms with Gasteiger partial charge in [-0.3, -0.25) is 9.59 Å². The maximum Gasteiger partial charge on any atom is 0.407 e. The van der Waals surface area contributed by atoms with Gasteiger partial charge in [-0.15, -0.1) is 0 Å².